The van der Waals surface area contributed by atoms with Gasteiger partial charge in [0.1, 0.15) is 8.07 Å². The van der Waals surface area contributed by atoms with Crippen LogP contribution >= 0.6 is 15.9 Å². The lowest BCUT2D eigenvalue weighted by Crippen LogP contribution is -2.64. The Labute approximate surface area is 190 Å². The fraction of sp³-hybridized carbons (Fsp3) is 0.333. The monoisotopic (exact) mass is 478 g/mol. The molecule has 1 fully saturated rings. The maximum Gasteiger partial charge on any atom is 0.123 e. The number of hydrogen-bond acceptors (Lipinski definition) is 1. The predicted octanol–water partition coefficient (Wildman–Crippen LogP) is 5.76. The van der Waals surface area contributed by atoms with E-state index < -0.39 is 8.07 Å². The molecule has 0 amide bonds. The van der Waals surface area contributed by atoms with E-state index in [2.05, 4.69) is 122 Å². The molecule has 0 bridgehead atoms. The van der Waals surface area contributed by atoms with Gasteiger partial charge in [-0.1, -0.05) is 120 Å². The van der Waals surface area contributed by atoms with Crippen molar-refractivity contribution in [2.45, 2.75) is 43.7 Å². The molecule has 0 aliphatic heterocycles. The lowest BCUT2D eigenvalue weighted by atomic mass is 9.95. The van der Waals surface area contributed by atoms with E-state index in [9.17, 15) is 5.11 Å². The van der Waals surface area contributed by atoms with Crippen molar-refractivity contribution < 1.29 is 5.11 Å². The van der Waals surface area contributed by atoms with E-state index in [0.29, 0.717) is 5.92 Å². The fourth-order valence-corrected chi connectivity index (χ4v) is 11.7. The second-order valence-electron chi connectivity index (χ2n) is 9.81. The fourth-order valence-electron chi connectivity index (χ4n) is 5.46. The molecule has 0 unspecified atom stereocenters. The molecule has 3 heteroatoms. The molecule has 0 saturated heterocycles. The molecule has 2 atom stereocenters. The molecule has 156 valence electrons. The lowest BCUT2D eigenvalue weighted by Gasteiger charge is -2.45. The van der Waals surface area contributed by atoms with E-state index in [4.69, 9.17) is 0 Å². The second kappa shape index (κ2) is 8.10. The van der Waals surface area contributed by atoms with Crippen molar-refractivity contribution in [2.24, 2.45) is 5.92 Å². The number of halogens is 1. The van der Waals surface area contributed by atoms with Crippen molar-refractivity contribution in [3.05, 3.63) is 95.0 Å². The zero-order valence-corrected chi connectivity index (χ0v) is 20.7. The smallest absolute Gasteiger partial charge is 0.123 e. The molecule has 0 spiro atoms. The Kier molecular flexibility index (Phi) is 5.82. The van der Waals surface area contributed by atoms with Crippen LogP contribution in [0.4, 0.5) is 0 Å². The van der Waals surface area contributed by atoms with Gasteiger partial charge < -0.3 is 5.11 Å². The molecular weight excluding hydrogens is 448 g/mol. The first-order valence-electron chi connectivity index (χ1n) is 10.8. The van der Waals surface area contributed by atoms with Gasteiger partial charge in [0.05, 0.1) is 6.61 Å². The molecule has 4 rings (SSSR count). The van der Waals surface area contributed by atoms with Crippen LogP contribution in [-0.2, 0) is 5.41 Å². The SMILES string of the molecule is CC(C)(C)[Si](C[C@@H]1C[C@]1(CO)c1ccc(Br)cc1)(c1ccccc1)c1ccccc1. The van der Waals surface area contributed by atoms with Gasteiger partial charge in [-0.3, -0.25) is 0 Å². The molecule has 1 N–H and O–H groups in total. The van der Waals surface area contributed by atoms with Gasteiger partial charge in [-0.25, -0.2) is 0 Å². The molecular formula is C27H31BrOSi. The molecule has 3 aromatic rings. The maximum absolute atomic E-state index is 10.5. The van der Waals surface area contributed by atoms with Crippen molar-refractivity contribution >= 4 is 34.4 Å². The molecule has 0 radical (unpaired) electrons. The molecule has 3 aromatic carbocycles. The van der Waals surface area contributed by atoms with Crippen LogP contribution in [0.15, 0.2) is 89.4 Å². The first-order valence-corrected chi connectivity index (χ1v) is 13.8. The standard InChI is InChI=1S/C27H31BrOSi/c1-26(2,3)30(24-10-6-4-7-11-24,25-12-8-5-9-13-25)19-22-18-27(22,20-29)21-14-16-23(28)17-15-21/h4-17,22,29H,18-20H2,1-3H3/t22-,27-/m0/s1. The van der Waals surface area contributed by atoms with Crippen LogP contribution in [0.25, 0.3) is 0 Å². The van der Waals surface area contributed by atoms with Crippen molar-refractivity contribution in [1.29, 1.82) is 0 Å². The summed E-state index contributed by atoms with van der Waals surface area (Å²) < 4.78 is 1.09. The van der Waals surface area contributed by atoms with Gasteiger partial charge in [-0.2, -0.15) is 0 Å². The van der Waals surface area contributed by atoms with Crippen molar-refractivity contribution in [3.8, 4) is 0 Å². The zero-order chi connectivity index (χ0) is 21.4. The summed E-state index contributed by atoms with van der Waals surface area (Å²) in [7, 11) is -2.12. The third-order valence-corrected chi connectivity index (χ3v) is 14.1. The van der Waals surface area contributed by atoms with E-state index in [0.717, 1.165) is 16.9 Å². The van der Waals surface area contributed by atoms with Gasteiger partial charge in [-0.05, 0) is 41.1 Å². The summed E-state index contributed by atoms with van der Waals surface area (Å²) in [6.45, 7) is 7.48. The molecule has 1 nitrogen and oxygen atoms in total. The summed E-state index contributed by atoms with van der Waals surface area (Å²) in [6, 6.07) is 32.1. The Morgan fingerprint density at radius 2 is 1.37 bits per heavy atom. The minimum atomic E-state index is -2.12. The summed E-state index contributed by atoms with van der Waals surface area (Å²) in [6.07, 6.45) is 1.07. The third-order valence-electron chi connectivity index (χ3n) is 7.30. The quantitative estimate of drug-likeness (QED) is 0.446. The summed E-state index contributed by atoms with van der Waals surface area (Å²) in [5, 5.41) is 13.6. The number of rotatable bonds is 6. The molecule has 1 aliphatic carbocycles. The van der Waals surface area contributed by atoms with Crippen LogP contribution in [0.1, 0.15) is 32.8 Å². The van der Waals surface area contributed by atoms with E-state index >= 15 is 0 Å². The highest BCUT2D eigenvalue weighted by molar-refractivity contribution is 9.10. The third kappa shape index (κ3) is 3.61. The van der Waals surface area contributed by atoms with Crippen LogP contribution in [-0.4, -0.2) is 19.8 Å². The van der Waals surface area contributed by atoms with E-state index in [1.54, 1.807) is 0 Å². The Morgan fingerprint density at radius 3 is 1.80 bits per heavy atom. The number of aliphatic hydroxyl groups excluding tert-OH is 1. The van der Waals surface area contributed by atoms with Crippen molar-refractivity contribution in [2.75, 3.05) is 6.61 Å². The van der Waals surface area contributed by atoms with Crippen molar-refractivity contribution in [3.63, 3.8) is 0 Å². The minimum absolute atomic E-state index is 0.103. The molecule has 1 aliphatic rings. The topological polar surface area (TPSA) is 20.2 Å². The molecule has 0 aromatic heterocycles. The van der Waals surface area contributed by atoms with Crippen LogP contribution in [0, 0.1) is 5.92 Å². The summed E-state index contributed by atoms with van der Waals surface area (Å²) in [4.78, 5) is 0. The van der Waals surface area contributed by atoms with Gasteiger partial charge in [-0.15, -0.1) is 0 Å². The van der Waals surface area contributed by atoms with Crippen molar-refractivity contribution in [1.82, 2.24) is 0 Å². The number of aliphatic hydroxyl groups is 1. The van der Waals surface area contributed by atoms with Crippen LogP contribution in [0.2, 0.25) is 11.1 Å². The van der Waals surface area contributed by atoms with E-state index in [1.807, 2.05) is 0 Å². The zero-order valence-electron chi connectivity index (χ0n) is 18.1. The first kappa shape index (κ1) is 21.5. The average molecular weight is 480 g/mol. The first-order chi connectivity index (χ1) is 14.3. The highest BCUT2D eigenvalue weighted by Crippen LogP contribution is 2.59. The number of benzene rings is 3. The van der Waals surface area contributed by atoms with Gasteiger partial charge in [0.25, 0.3) is 0 Å². The Hall–Kier alpha value is -1.68. The number of hydrogen-bond donors (Lipinski definition) is 1. The predicted molar refractivity (Wildman–Crippen MR) is 133 cm³/mol. The largest absolute Gasteiger partial charge is 0.395 e. The summed E-state index contributed by atoms with van der Waals surface area (Å²) >= 11 is 3.55. The highest BCUT2D eigenvalue weighted by Gasteiger charge is 2.60. The van der Waals surface area contributed by atoms with Crippen LogP contribution in [0.5, 0.6) is 0 Å². The maximum atomic E-state index is 10.5. The molecule has 30 heavy (non-hydrogen) atoms. The van der Waals surface area contributed by atoms with Crippen LogP contribution < -0.4 is 10.4 Å². The Balaban J connectivity index is 1.81. The summed E-state index contributed by atoms with van der Waals surface area (Å²) in [5.74, 6) is 0.495. The highest BCUT2D eigenvalue weighted by atomic mass is 79.9. The molecule has 1 saturated carbocycles. The average Bonchev–Trinajstić information content (AvgIpc) is 3.47. The summed E-state index contributed by atoms with van der Waals surface area (Å²) in [5.41, 5.74) is 1.17. The van der Waals surface area contributed by atoms with Gasteiger partial charge in [0.15, 0.2) is 0 Å². The Bertz CT molecular complexity index is 939. The van der Waals surface area contributed by atoms with Gasteiger partial charge in [0, 0.05) is 9.89 Å². The van der Waals surface area contributed by atoms with E-state index in [-0.39, 0.29) is 17.1 Å². The normalized spacial score (nSPS) is 21.4. The minimum Gasteiger partial charge on any atom is -0.395 e. The van der Waals surface area contributed by atoms with E-state index in [1.165, 1.54) is 15.9 Å². The second-order valence-corrected chi connectivity index (χ2v) is 15.6. The lowest BCUT2D eigenvalue weighted by molar-refractivity contribution is 0.247. The van der Waals surface area contributed by atoms with Gasteiger partial charge >= 0.3 is 0 Å². The van der Waals surface area contributed by atoms with Crippen LogP contribution in [0.3, 0.4) is 0 Å². The van der Waals surface area contributed by atoms with Gasteiger partial charge in [0.2, 0.25) is 0 Å². The Morgan fingerprint density at radius 1 is 0.867 bits per heavy atom. The molecule has 0 heterocycles.